The molecule has 134 valence electrons. The van der Waals surface area contributed by atoms with Crippen molar-refractivity contribution in [2.45, 2.75) is 33.0 Å². The van der Waals surface area contributed by atoms with Crippen molar-refractivity contribution in [3.8, 4) is 0 Å². The Labute approximate surface area is 145 Å². The summed E-state index contributed by atoms with van der Waals surface area (Å²) in [5.74, 6) is -0.594. The number of rotatable bonds is 5. The number of aromatic nitrogens is 3. The Morgan fingerprint density at radius 3 is 2.88 bits per heavy atom. The van der Waals surface area contributed by atoms with Gasteiger partial charge in [-0.1, -0.05) is 6.92 Å². The van der Waals surface area contributed by atoms with E-state index in [4.69, 9.17) is 9.47 Å². The summed E-state index contributed by atoms with van der Waals surface area (Å²) in [6.45, 7) is 3.89. The molecular formula is C17H22N4O4. The van der Waals surface area contributed by atoms with Crippen molar-refractivity contribution in [1.82, 2.24) is 19.7 Å². The largest absolute Gasteiger partial charge is 0.465 e. The highest BCUT2D eigenvalue weighted by atomic mass is 16.5. The van der Waals surface area contributed by atoms with Crippen molar-refractivity contribution >= 4 is 11.9 Å². The third kappa shape index (κ3) is 3.30. The number of hydrogen-bond donors (Lipinski definition) is 1. The molecule has 0 bridgehead atoms. The zero-order valence-electron chi connectivity index (χ0n) is 14.7. The van der Waals surface area contributed by atoms with E-state index in [0.29, 0.717) is 37.6 Å². The van der Waals surface area contributed by atoms with Crippen LogP contribution in [0.2, 0.25) is 0 Å². The van der Waals surface area contributed by atoms with E-state index in [0.717, 1.165) is 23.5 Å². The summed E-state index contributed by atoms with van der Waals surface area (Å²) in [4.78, 5) is 24.4. The molecule has 0 spiro atoms. The van der Waals surface area contributed by atoms with Crippen LogP contribution in [0.15, 0.2) is 12.1 Å². The summed E-state index contributed by atoms with van der Waals surface area (Å²) in [7, 11) is 3.10. The number of methoxy groups -OCH3 is 1. The van der Waals surface area contributed by atoms with Crippen LogP contribution >= 0.6 is 0 Å². The smallest absolute Gasteiger partial charge is 0.339 e. The zero-order chi connectivity index (χ0) is 18.0. The quantitative estimate of drug-likeness (QED) is 0.817. The van der Waals surface area contributed by atoms with Crippen LogP contribution in [0, 0.1) is 0 Å². The topological polar surface area (TPSA) is 87.4 Å². The Kier molecular flexibility index (Phi) is 4.89. The molecule has 3 rings (SSSR count). The molecular weight excluding hydrogens is 324 g/mol. The number of carbonyl (C=O) groups is 2. The van der Waals surface area contributed by atoms with Gasteiger partial charge in [0, 0.05) is 19.3 Å². The van der Waals surface area contributed by atoms with E-state index in [-0.39, 0.29) is 5.91 Å². The van der Waals surface area contributed by atoms with Gasteiger partial charge in [-0.25, -0.2) is 4.79 Å². The first-order valence-corrected chi connectivity index (χ1v) is 8.23. The normalized spacial score (nSPS) is 13.4. The van der Waals surface area contributed by atoms with Crippen molar-refractivity contribution in [3.63, 3.8) is 0 Å². The molecule has 3 heterocycles. The summed E-state index contributed by atoms with van der Waals surface area (Å²) < 4.78 is 13.9. The second-order valence-electron chi connectivity index (χ2n) is 5.87. The number of hydrogen-bond acceptors (Lipinski definition) is 5. The van der Waals surface area contributed by atoms with E-state index in [9.17, 15) is 9.59 Å². The van der Waals surface area contributed by atoms with E-state index >= 15 is 0 Å². The number of carbonyl (C=O) groups excluding carboxylic acids is 2. The molecule has 25 heavy (non-hydrogen) atoms. The molecule has 0 atom stereocenters. The molecule has 0 radical (unpaired) electrons. The van der Waals surface area contributed by atoms with Crippen LogP contribution in [0.1, 0.15) is 44.9 Å². The minimum absolute atomic E-state index is 0.197. The van der Waals surface area contributed by atoms with Crippen LogP contribution in [0.4, 0.5) is 0 Å². The van der Waals surface area contributed by atoms with E-state index in [1.165, 1.54) is 7.11 Å². The van der Waals surface area contributed by atoms with Crippen LogP contribution in [0.3, 0.4) is 0 Å². The van der Waals surface area contributed by atoms with E-state index in [2.05, 4.69) is 10.4 Å². The summed E-state index contributed by atoms with van der Waals surface area (Å²) in [5, 5.41) is 7.19. The molecule has 0 unspecified atom stereocenters. The van der Waals surface area contributed by atoms with Crippen LogP contribution < -0.4 is 5.32 Å². The lowest BCUT2D eigenvalue weighted by Crippen LogP contribution is -2.27. The lowest BCUT2D eigenvalue weighted by molar-refractivity contribution is 0.0574. The standard InChI is InChI=1S/C17H22N4O4/c1-4-11-7-14(20(2)19-11)16(22)18-9-12-8-13(17(23)24-3)15-10-25-6-5-21(12)15/h7-8H,4-6,9-10H2,1-3H3,(H,18,22). The summed E-state index contributed by atoms with van der Waals surface area (Å²) in [6.07, 6.45) is 0.774. The molecule has 8 heteroatoms. The van der Waals surface area contributed by atoms with Crippen molar-refractivity contribution in [2.24, 2.45) is 7.05 Å². The van der Waals surface area contributed by atoms with Crippen LogP contribution in [-0.4, -0.2) is 39.9 Å². The molecule has 1 N–H and O–H groups in total. The summed E-state index contributed by atoms with van der Waals surface area (Å²) in [6, 6.07) is 3.55. The fourth-order valence-electron chi connectivity index (χ4n) is 3.01. The van der Waals surface area contributed by atoms with Crippen molar-refractivity contribution in [3.05, 3.63) is 40.5 Å². The highest BCUT2D eigenvalue weighted by Gasteiger charge is 2.23. The highest BCUT2D eigenvalue weighted by molar-refractivity contribution is 5.93. The van der Waals surface area contributed by atoms with Gasteiger partial charge in [-0.15, -0.1) is 0 Å². The molecule has 8 nitrogen and oxygen atoms in total. The Morgan fingerprint density at radius 2 is 2.20 bits per heavy atom. The van der Waals surface area contributed by atoms with E-state index < -0.39 is 5.97 Å². The maximum atomic E-state index is 12.4. The van der Waals surface area contributed by atoms with Gasteiger partial charge in [0.05, 0.1) is 43.8 Å². The molecule has 1 amide bonds. The first-order valence-electron chi connectivity index (χ1n) is 8.23. The summed E-state index contributed by atoms with van der Waals surface area (Å²) >= 11 is 0. The number of fused-ring (bicyclic) bond motifs is 1. The van der Waals surface area contributed by atoms with E-state index in [1.807, 2.05) is 11.5 Å². The number of amides is 1. The number of ether oxygens (including phenoxy) is 2. The number of nitrogens with one attached hydrogen (secondary N) is 1. The first kappa shape index (κ1) is 17.2. The lowest BCUT2D eigenvalue weighted by atomic mass is 10.2. The van der Waals surface area contributed by atoms with Crippen LogP contribution in [-0.2, 0) is 42.6 Å². The Balaban J connectivity index is 1.79. The molecule has 0 aliphatic carbocycles. The maximum Gasteiger partial charge on any atom is 0.339 e. The van der Waals surface area contributed by atoms with Gasteiger partial charge in [-0.3, -0.25) is 9.48 Å². The van der Waals surface area contributed by atoms with Gasteiger partial charge >= 0.3 is 5.97 Å². The lowest BCUT2D eigenvalue weighted by Gasteiger charge is -2.19. The third-order valence-electron chi connectivity index (χ3n) is 4.35. The molecule has 0 saturated heterocycles. The number of esters is 1. The fraction of sp³-hybridized carbons (Fsp3) is 0.471. The van der Waals surface area contributed by atoms with Gasteiger partial charge in [0.2, 0.25) is 0 Å². The molecule has 1 aliphatic rings. The van der Waals surface area contributed by atoms with Crippen LogP contribution in [0.5, 0.6) is 0 Å². The van der Waals surface area contributed by atoms with Crippen molar-refractivity contribution in [1.29, 1.82) is 0 Å². The molecule has 1 aliphatic heterocycles. The van der Waals surface area contributed by atoms with E-state index in [1.54, 1.807) is 23.9 Å². The number of nitrogens with zero attached hydrogens (tertiary/aromatic N) is 3. The average molecular weight is 346 g/mol. The molecule has 0 aromatic carbocycles. The fourth-order valence-corrected chi connectivity index (χ4v) is 3.01. The SMILES string of the molecule is CCc1cc(C(=O)NCc2cc(C(=O)OC)c3n2CCOC3)n(C)n1. The second kappa shape index (κ2) is 7.10. The third-order valence-corrected chi connectivity index (χ3v) is 4.35. The first-order chi connectivity index (χ1) is 12.0. The minimum Gasteiger partial charge on any atom is -0.465 e. The van der Waals surface area contributed by atoms with Gasteiger partial charge in [0.15, 0.2) is 0 Å². The van der Waals surface area contributed by atoms with Crippen molar-refractivity contribution in [2.75, 3.05) is 13.7 Å². The van der Waals surface area contributed by atoms with Crippen LogP contribution in [0.25, 0.3) is 0 Å². The van der Waals surface area contributed by atoms with Gasteiger partial charge in [0.1, 0.15) is 5.69 Å². The highest BCUT2D eigenvalue weighted by Crippen LogP contribution is 2.21. The summed E-state index contributed by atoms with van der Waals surface area (Å²) in [5.41, 5.74) is 3.51. The Bertz CT molecular complexity index is 806. The monoisotopic (exact) mass is 346 g/mol. The minimum atomic E-state index is -0.397. The average Bonchev–Trinajstić information content (AvgIpc) is 3.19. The molecule has 0 fully saturated rings. The van der Waals surface area contributed by atoms with Gasteiger partial charge in [-0.2, -0.15) is 5.10 Å². The maximum absolute atomic E-state index is 12.4. The second-order valence-corrected chi connectivity index (χ2v) is 5.87. The predicted molar refractivity (Wildman–Crippen MR) is 89.2 cm³/mol. The molecule has 2 aromatic rings. The Morgan fingerprint density at radius 1 is 1.40 bits per heavy atom. The zero-order valence-corrected chi connectivity index (χ0v) is 14.7. The van der Waals surface area contributed by atoms with Gasteiger partial charge < -0.3 is 19.4 Å². The molecule has 0 saturated carbocycles. The Hall–Kier alpha value is -2.61. The van der Waals surface area contributed by atoms with Gasteiger partial charge in [0.25, 0.3) is 5.91 Å². The molecule has 2 aromatic heterocycles. The number of aryl methyl sites for hydroxylation is 2. The van der Waals surface area contributed by atoms with Gasteiger partial charge in [-0.05, 0) is 18.6 Å². The predicted octanol–water partition coefficient (Wildman–Crippen LogP) is 1.03. The van der Waals surface area contributed by atoms with Crippen molar-refractivity contribution < 1.29 is 19.1 Å².